The Balaban J connectivity index is 1.41. The Morgan fingerprint density at radius 3 is 1.34 bits per heavy atom. The van der Waals surface area contributed by atoms with Gasteiger partial charge >= 0.3 is 0 Å². The summed E-state index contributed by atoms with van der Waals surface area (Å²) >= 11 is 3.28. The van der Waals surface area contributed by atoms with Gasteiger partial charge in [-0.3, -0.25) is 0 Å². The van der Waals surface area contributed by atoms with Gasteiger partial charge in [0.05, 0.1) is 25.5 Å². The minimum Gasteiger partial charge on any atom is -0.369 e. The van der Waals surface area contributed by atoms with Crippen LogP contribution in [0.25, 0.3) is 21.5 Å². The first-order chi connectivity index (χ1) is 18.7. The molecule has 190 valence electrons. The fourth-order valence-corrected chi connectivity index (χ4v) is 5.26. The van der Waals surface area contributed by atoms with Crippen LogP contribution in [0.5, 0.6) is 0 Å². The number of guanidine groups is 2. The molecule has 5 rings (SSSR count). The molecule has 0 amide bonds. The summed E-state index contributed by atoms with van der Waals surface area (Å²) < 4.78 is 0. The molecule has 0 fully saturated rings. The van der Waals surface area contributed by atoms with Gasteiger partial charge in [0.2, 0.25) is 11.9 Å². The van der Waals surface area contributed by atoms with Crippen LogP contribution in [0.1, 0.15) is 20.9 Å². The molecule has 0 unspecified atom stereocenters. The van der Waals surface area contributed by atoms with Crippen molar-refractivity contribution in [3.8, 4) is 0 Å². The van der Waals surface area contributed by atoms with Crippen molar-refractivity contribution in [3.63, 3.8) is 0 Å². The SMILES string of the molecule is NC(=NCc1cccs1)N/N=C/c1c2ccccc2c(/C=N/NC(N)=NCc2cccs2)c2ccccc12. The van der Waals surface area contributed by atoms with Crippen LogP contribution in [0.3, 0.4) is 0 Å². The second kappa shape index (κ2) is 12.1. The number of thiophene rings is 2. The summed E-state index contributed by atoms with van der Waals surface area (Å²) in [6.45, 7) is 1.03. The lowest BCUT2D eigenvalue weighted by molar-refractivity contribution is 0.971. The van der Waals surface area contributed by atoms with Crippen LogP contribution in [-0.2, 0) is 13.1 Å². The Morgan fingerprint density at radius 2 is 1.00 bits per heavy atom. The Morgan fingerprint density at radius 1 is 0.605 bits per heavy atom. The maximum atomic E-state index is 6.02. The zero-order chi connectivity index (χ0) is 26.2. The van der Waals surface area contributed by atoms with E-state index in [9.17, 15) is 0 Å². The van der Waals surface area contributed by atoms with Gasteiger partial charge in [0, 0.05) is 20.9 Å². The first-order valence-corrected chi connectivity index (χ1v) is 13.6. The highest BCUT2D eigenvalue weighted by atomic mass is 32.1. The maximum absolute atomic E-state index is 6.02. The van der Waals surface area contributed by atoms with Crippen molar-refractivity contribution in [3.05, 3.63) is 104 Å². The van der Waals surface area contributed by atoms with Crippen molar-refractivity contribution in [2.24, 2.45) is 31.7 Å². The number of rotatable bonds is 8. The number of hydrogen-bond donors (Lipinski definition) is 4. The molecule has 2 heterocycles. The molecule has 0 saturated carbocycles. The largest absolute Gasteiger partial charge is 0.369 e. The van der Waals surface area contributed by atoms with Crippen LogP contribution < -0.4 is 22.3 Å². The summed E-state index contributed by atoms with van der Waals surface area (Å²) in [6, 6.07) is 24.3. The van der Waals surface area contributed by atoms with Crippen molar-refractivity contribution >= 4 is 68.6 Å². The molecule has 3 aromatic carbocycles. The summed E-state index contributed by atoms with van der Waals surface area (Å²) in [4.78, 5) is 11.0. The Hall–Kier alpha value is -4.54. The highest BCUT2D eigenvalue weighted by Crippen LogP contribution is 2.31. The van der Waals surface area contributed by atoms with E-state index in [2.05, 4.69) is 55.3 Å². The third-order valence-electron chi connectivity index (χ3n) is 5.73. The average molecular weight is 539 g/mol. The number of nitrogens with zero attached hydrogens (tertiary/aromatic N) is 4. The van der Waals surface area contributed by atoms with E-state index in [-0.39, 0.29) is 11.9 Å². The van der Waals surface area contributed by atoms with Gasteiger partial charge in [-0.1, -0.05) is 60.7 Å². The first-order valence-electron chi connectivity index (χ1n) is 11.9. The molecule has 6 N–H and O–H groups in total. The summed E-state index contributed by atoms with van der Waals surface area (Å²) in [6.07, 6.45) is 3.57. The van der Waals surface area contributed by atoms with Crippen molar-refractivity contribution in [2.75, 3.05) is 0 Å². The number of nitrogens with one attached hydrogen (secondary N) is 2. The minimum absolute atomic E-state index is 0.261. The average Bonchev–Trinajstić information content (AvgIpc) is 3.66. The molecule has 0 spiro atoms. The highest BCUT2D eigenvalue weighted by Gasteiger charge is 2.11. The van der Waals surface area contributed by atoms with Crippen molar-refractivity contribution in [1.82, 2.24) is 10.9 Å². The van der Waals surface area contributed by atoms with Gasteiger partial charge < -0.3 is 11.5 Å². The van der Waals surface area contributed by atoms with E-state index in [0.29, 0.717) is 13.1 Å². The standard InChI is InChI=1S/C28H26N8S2/c29-27(31-15-19-7-5-13-37-19)35-33-17-25-21-9-1-2-10-22(21)26(24-12-4-3-11-23(24)25)18-34-36-28(30)32-16-20-8-6-14-38-20/h1-14,17-18H,15-16H2,(H3,29,31,35)(H3,30,32,36)/b33-17+,34-18+. The summed E-state index contributed by atoms with van der Waals surface area (Å²) in [5.41, 5.74) is 19.7. The predicted octanol–water partition coefficient (Wildman–Crippen LogP) is 4.99. The minimum atomic E-state index is 0.261. The first kappa shape index (κ1) is 25.1. The molecular formula is C28H26N8S2. The smallest absolute Gasteiger partial charge is 0.209 e. The van der Waals surface area contributed by atoms with Gasteiger partial charge in [0.25, 0.3) is 0 Å². The van der Waals surface area contributed by atoms with Crippen molar-refractivity contribution in [2.45, 2.75) is 13.1 Å². The number of fused-ring (bicyclic) bond motifs is 2. The van der Waals surface area contributed by atoms with Crippen LogP contribution >= 0.6 is 22.7 Å². The number of benzene rings is 3. The van der Waals surface area contributed by atoms with Crippen LogP contribution in [0.15, 0.2) is 104 Å². The molecule has 0 radical (unpaired) electrons. The van der Waals surface area contributed by atoms with Crippen LogP contribution in [0.2, 0.25) is 0 Å². The molecule has 0 aliphatic heterocycles. The van der Waals surface area contributed by atoms with Gasteiger partial charge in [0.1, 0.15) is 0 Å². The van der Waals surface area contributed by atoms with Crippen molar-refractivity contribution < 1.29 is 0 Å². The zero-order valence-corrected chi connectivity index (χ0v) is 22.0. The molecule has 0 atom stereocenters. The lowest BCUT2D eigenvalue weighted by atomic mass is 9.92. The zero-order valence-electron chi connectivity index (χ0n) is 20.4. The number of hydrogen-bond acceptors (Lipinski definition) is 6. The van der Waals surface area contributed by atoms with Gasteiger partial charge in [-0.05, 0) is 44.4 Å². The molecule has 8 nitrogen and oxygen atoms in total. The van der Waals surface area contributed by atoms with E-state index in [1.54, 1.807) is 35.1 Å². The monoisotopic (exact) mass is 538 g/mol. The molecule has 2 aromatic heterocycles. The van der Waals surface area contributed by atoms with E-state index >= 15 is 0 Å². The fourth-order valence-electron chi connectivity index (χ4n) is 4.00. The number of nitrogens with two attached hydrogens (primary N) is 2. The third-order valence-corrected chi connectivity index (χ3v) is 7.45. The molecule has 5 aromatic rings. The molecule has 10 heteroatoms. The summed E-state index contributed by atoms with van der Waals surface area (Å²) in [5, 5.41) is 17.0. The van der Waals surface area contributed by atoms with Gasteiger partial charge in [-0.25, -0.2) is 20.8 Å². The normalized spacial score (nSPS) is 12.7. The Kier molecular flexibility index (Phi) is 8.02. The molecular weight excluding hydrogens is 512 g/mol. The Bertz CT molecular complexity index is 1460. The number of hydrazone groups is 2. The molecule has 0 saturated heterocycles. The van der Waals surface area contributed by atoms with E-state index in [4.69, 9.17) is 11.5 Å². The van der Waals surface area contributed by atoms with E-state index in [0.717, 1.165) is 42.4 Å². The van der Waals surface area contributed by atoms with Crippen LogP contribution in [0, 0.1) is 0 Å². The summed E-state index contributed by atoms with van der Waals surface area (Å²) in [5.74, 6) is 0.521. The van der Waals surface area contributed by atoms with Crippen molar-refractivity contribution in [1.29, 1.82) is 0 Å². The number of aliphatic imine (C=N–C) groups is 2. The lowest BCUT2D eigenvalue weighted by Crippen LogP contribution is -2.27. The van der Waals surface area contributed by atoms with Gasteiger partial charge in [-0.2, -0.15) is 10.2 Å². The fraction of sp³-hybridized carbons (Fsp3) is 0.0714. The molecule has 38 heavy (non-hydrogen) atoms. The quantitative estimate of drug-likeness (QED) is 0.0961. The Labute approximate surface area is 228 Å². The summed E-state index contributed by atoms with van der Waals surface area (Å²) in [7, 11) is 0. The topological polar surface area (TPSA) is 126 Å². The van der Waals surface area contributed by atoms with Crippen LogP contribution in [-0.4, -0.2) is 24.3 Å². The predicted molar refractivity (Wildman–Crippen MR) is 162 cm³/mol. The van der Waals surface area contributed by atoms with E-state index in [1.807, 2.05) is 59.3 Å². The van der Waals surface area contributed by atoms with Crippen LogP contribution in [0.4, 0.5) is 0 Å². The van der Waals surface area contributed by atoms with E-state index in [1.165, 1.54) is 0 Å². The second-order valence-electron chi connectivity index (χ2n) is 8.22. The van der Waals surface area contributed by atoms with E-state index < -0.39 is 0 Å². The maximum Gasteiger partial charge on any atom is 0.209 e. The molecule has 0 aliphatic rings. The lowest BCUT2D eigenvalue weighted by Gasteiger charge is -2.12. The third kappa shape index (κ3) is 6.05. The molecule has 0 bridgehead atoms. The molecule has 0 aliphatic carbocycles. The van der Waals surface area contributed by atoms with Gasteiger partial charge in [0.15, 0.2) is 0 Å². The van der Waals surface area contributed by atoms with Gasteiger partial charge in [-0.15, -0.1) is 22.7 Å². The highest BCUT2D eigenvalue weighted by molar-refractivity contribution is 7.10. The second-order valence-corrected chi connectivity index (χ2v) is 10.3.